The number of nitrogens with one attached hydrogen (secondary N) is 1. The molecule has 11 nitrogen and oxygen atoms in total. The van der Waals surface area contributed by atoms with Gasteiger partial charge in [0, 0.05) is 12.6 Å². The third-order valence-corrected chi connectivity index (χ3v) is 7.57. The van der Waals surface area contributed by atoms with Crippen LogP contribution in [0.25, 0.3) is 10.2 Å². The number of rotatable bonds is 10. The first-order valence-electron chi connectivity index (χ1n) is 13.3. The van der Waals surface area contributed by atoms with Gasteiger partial charge in [0.1, 0.15) is 26.8 Å². The molecular weight excluding hydrogens is 567 g/mol. The van der Waals surface area contributed by atoms with Gasteiger partial charge in [-0.1, -0.05) is 0 Å². The van der Waals surface area contributed by atoms with E-state index in [1.54, 1.807) is 33.8 Å². The number of aryl methyl sites for hydroxylation is 3. The van der Waals surface area contributed by atoms with E-state index in [4.69, 9.17) is 19.8 Å². The Bertz CT molecular complexity index is 1600. The number of amides is 1. The fourth-order valence-corrected chi connectivity index (χ4v) is 5.41. The molecule has 1 amide bonds. The predicted molar refractivity (Wildman–Crippen MR) is 158 cm³/mol. The number of nitrogens with zero attached hydrogens (tertiary/aromatic N) is 3. The molecule has 0 aliphatic rings. The minimum atomic E-state index is -1.54. The van der Waals surface area contributed by atoms with Gasteiger partial charge in [-0.25, -0.2) is 18.5 Å². The number of esters is 1. The summed E-state index contributed by atoms with van der Waals surface area (Å²) < 4.78 is 26.7. The highest BCUT2D eigenvalue weighted by Gasteiger charge is 2.36. The van der Waals surface area contributed by atoms with Crippen molar-refractivity contribution in [1.82, 2.24) is 14.5 Å². The molecule has 13 heteroatoms. The summed E-state index contributed by atoms with van der Waals surface area (Å²) in [6.07, 6.45) is 0.443. The van der Waals surface area contributed by atoms with Gasteiger partial charge < -0.3 is 19.9 Å². The minimum absolute atomic E-state index is 0.0174. The highest BCUT2D eigenvalue weighted by atomic mass is 32.1. The van der Waals surface area contributed by atoms with Crippen molar-refractivity contribution >= 4 is 33.4 Å². The van der Waals surface area contributed by atoms with E-state index >= 15 is 0 Å². The number of aliphatic hydroxyl groups excluding tert-OH is 1. The molecule has 0 aliphatic carbocycles. The fourth-order valence-electron chi connectivity index (χ4n) is 4.19. The van der Waals surface area contributed by atoms with E-state index in [1.807, 2.05) is 0 Å². The maximum atomic E-state index is 14.0. The molecule has 3 rings (SSSR count). The molecule has 3 aromatic rings. The van der Waals surface area contributed by atoms with Crippen LogP contribution < -0.4 is 21.3 Å². The lowest BCUT2D eigenvalue weighted by Gasteiger charge is -2.27. The van der Waals surface area contributed by atoms with Crippen LogP contribution in [0.2, 0.25) is 0 Å². The SMILES string of the molecule is CCOC(=O)c1sc2c(c1C)c(=O)n(C(C)(C)C(=O)NC(C)C)c(=O)n2CCc1cc(F)ccc1OC.N#CCCO. The van der Waals surface area contributed by atoms with Crippen molar-refractivity contribution in [2.75, 3.05) is 20.3 Å². The van der Waals surface area contributed by atoms with Gasteiger partial charge in [-0.3, -0.25) is 14.2 Å². The molecule has 0 aliphatic heterocycles. The van der Waals surface area contributed by atoms with Crippen molar-refractivity contribution < 1.29 is 28.6 Å². The standard InChI is InChI=1S/C26H32FN3O6S.C3H5NO/c1-8-36-23(32)20-15(4)19-21(31)30(26(5,6)24(33)28-14(2)3)25(34)29(22(19)37-20)12-11-16-13-17(27)9-10-18(16)35-7;4-2-1-3-5/h9-10,13-14H,8,11-12H2,1-7H3,(H,28,33);5H,1,3H2. The molecule has 1 aromatic carbocycles. The number of halogens is 1. The highest BCUT2D eigenvalue weighted by Crippen LogP contribution is 2.30. The van der Waals surface area contributed by atoms with Crippen LogP contribution in [-0.2, 0) is 28.0 Å². The van der Waals surface area contributed by atoms with Crippen LogP contribution in [0.1, 0.15) is 61.8 Å². The summed E-state index contributed by atoms with van der Waals surface area (Å²) in [5, 5.41) is 18.4. The second-order valence-electron chi connectivity index (χ2n) is 10.1. The van der Waals surface area contributed by atoms with Gasteiger partial charge in [0.15, 0.2) is 0 Å². The second-order valence-corrected chi connectivity index (χ2v) is 11.1. The maximum absolute atomic E-state index is 14.0. The molecule has 0 bridgehead atoms. The molecule has 2 heterocycles. The van der Waals surface area contributed by atoms with Gasteiger partial charge in [-0.15, -0.1) is 11.3 Å². The van der Waals surface area contributed by atoms with Gasteiger partial charge in [-0.2, -0.15) is 5.26 Å². The Morgan fingerprint density at radius 3 is 2.45 bits per heavy atom. The zero-order valence-electron chi connectivity index (χ0n) is 24.9. The van der Waals surface area contributed by atoms with Crippen LogP contribution in [-0.4, -0.2) is 52.5 Å². The zero-order chi connectivity index (χ0) is 31.8. The fraction of sp³-hybridized carbons (Fsp3) is 0.483. The van der Waals surface area contributed by atoms with Crippen LogP contribution in [0.4, 0.5) is 4.39 Å². The van der Waals surface area contributed by atoms with Crippen molar-refractivity contribution in [3.63, 3.8) is 0 Å². The van der Waals surface area contributed by atoms with Crippen LogP contribution >= 0.6 is 11.3 Å². The molecule has 0 fully saturated rings. The number of thiophene rings is 1. The van der Waals surface area contributed by atoms with Crippen LogP contribution in [0.15, 0.2) is 27.8 Å². The largest absolute Gasteiger partial charge is 0.496 e. The number of benzene rings is 1. The highest BCUT2D eigenvalue weighted by molar-refractivity contribution is 7.20. The number of nitriles is 1. The first-order chi connectivity index (χ1) is 19.8. The lowest BCUT2D eigenvalue weighted by Crippen LogP contribution is -2.56. The molecule has 0 radical (unpaired) electrons. The van der Waals surface area contributed by atoms with Crippen LogP contribution in [0.5, 0.6) is 5.75 Å². The molecule has 0 spiro atoms. The number of carbonyl (C=O) groups excluding carboxylic acids is 2. The Kier molecular flexibility index (Phi) is 12.0. The number of aliphatic hydroxyl groups is 1. The number of aromatic nitrogens is 2. The summed E-state index contributed by atoms with van der Waals surface area (Å²) in [7, 11) is 1.46. The lowest BCUT2D eigenvalue weighted by atomic mass is 10.0. The summed E-state index contributed by atoms with van der Waals surface area (Å²) in [6.45, 7) is 9.99. The van der Waals surface area contributed by atoms with E-state index in [2.05, 4.69) is 5.32 Å². The number of ether oxygens (including phenoxy) is 2. The lowest BCUT2D eigenvalue weighted by molar-refractivity contribution is -0.129. The second kappa shape index (κ2) is 14.7. The third-order valence-electron chi connectivity index (χ3n) is 6.28. The van der Waals surface area contributed by atoms with E-state index in [1.165, 1.54) is 43.7 Å². The van der Waals surface area contributed by atoms with Gasteiger partial charge in [-0.05, 0) is 77.3 Å². The van der Waals surface area contributed by atoms with Crippen molar-refractivity contribution in [2.45, 2.75) is 72.5 Å². The van der Waals surface area contributed by atoms with Crippen molar-refractivity contribution in [1.29, 1.82) is 5.26 Å². The van der Waals surface area contributed by atoms with Gasteiger partial charge in [0.2, 0.25) is 5.91 Å². The number of carbonyl (C=O) groups is 2. The minimum Gasteiger partial charge on any atom is -0.496 e. The van der Waals surface area contributed by atoms with Crippen LogP contribution in [0.3, 0.4) is 0 Å². The summed E-state index contributed by atoms with van der Waals surface area (Å²) >= 11 is 0.983. The zero-order valence-corrected chi connectivity index (χ0v) is 25.7. The molecule has 2 aromatic heterocycles. The average molecular weight is 605 g/mol. The summed E-state index contributed by atoms with van der Waals surface area (Å²) in [5.74, 6) is -1.11. The quantitative estimate of drug-likeness (QED) is 0.335. The number of methoxy groups -OCH3 is 1. The normalized spacial score (nSPS) is 11.1. The van der Waals surface area contributed by atoms with Crippen molar-refractivity contribution in [3.05, 3.63) is 60.9 Å². The van der Waals surface area contributed by atoms with E-state index in [9.17, 15) is 23.6 Å². The van der Waals surface area contributed by atoms with Crippen molar-refractivity contribution in [2.24, 2.45) is 0 Å². The Labute approximate surface area is 247 Å². The van der Waals surface area contributed by atoms with E-state index < -0.39 is 34.5 Å². The Balaban J connectivity index is 0.00000113. The third kappa shape index (κ3) is 7.43. The first-order valence-corrected chi connectivity index (χ1v) is 14.2. The number of hydrogen-bond donors (Lipinski definition) is 2. The summed E-state index contributed by atoms with van der Waals surface area (Å²) in [4.78, 5) is 53.7. The van der Waals surface area contributed by atoms with Crippen molar-refractivity contribution in [3.8, 4) is 11.8 Å². The summed E-state index contributed by atoms with van der Waals surface area (Å²) in [5.41, 5.74) is -2.03. The predicted octanol–water partition coefficient (Wildman–Crippen LogP) is 3.25. The first kappa shape index (κ1) is 34.2. The molecular formula is C29H37FN4O7S. The molecule has 0 unspecified atom stereocenters. The van der Waals surface area contributed by atoms with E-state index in [-0.39, 0.29) is 53.7 Å². The topological polar surface area (TPSA) is 153 Å². The average Bonchev–Trinajstić information content (AvgIpc) is 3.26. The Hall–Kier alpha value is -4.02. The Morgan fingerprint density at radius 2 is 1.93 bits per heavy atom. The van der Waals surface area contributed by atoms with E-state index in [0.717, 1.165) is 15.9 Å². The monoisotopic (exact) mass is 604 g/mol. The number of hydrogen-bond acceptors (Lipinski definition) is 9. The molecule has 0 atom stereocenters. The van der Waals surface area contributed by atoms with Gasteiger partial charge in [0.05, 0.1) is 38.2 Å². The molecule has 2 N–H and O–H groups in total. The molecule has 228 valence electrons. The molecule has 0 saturated carbocycles. The molecule has 42 heavy (non-hydrogen) atoms. The van der Waals surface area contributed by atoms with Gasteiger partial charge >= 0.3 is 11.7 Å². The van der Waals surface area contributed by atoms with Gasteiger partial charge in [0.25, 0.3) is 5.56 Å². The molecule has 0 saturated heterocycles. The van der Waals surface area contributed by atoms with Crippen LogP contribution in [0, 0.1) is 24.1 Å². The number of fused-ring (bicyclic) bond motifs is 1. The maximum Gasteiger partial charge on any atom is 0.348 e. The van der Waals surface area contributed by atoms with E-state index in [0.29, 0.717) is 16.9 Å². The Morgan fingerprint density at radius 1 is 1.26 bits per heavy atom. The smallest absolute Gasteiger partial charge is 0.348 e. The summed E-state index contributed by atoms with van der Waals surface area (Å²) in [6, 6.07) is 5.64.